The molecule has 20 heavy (non-hydrogen) atoms. The van der Waals surface area contributed by atoms with Crippen molar-refractivity contribution in [1.29, 1.82) is 0 Å². The van der Waals surface area contributed by atoms with Crippen LogP contribution in [-0.2, 0) is 17.8 Å². The third-order valence-corrected chi connectivity index (χ3v) is 3.44. The van der Waals surface area contributed by atoms with Crippen LogP contribution in [0.3, 0.4) is 0 Å². The lowest BCUT2D eigenvalue weighted by Crippen LogP contribution is -2.12. The molecule has 0 atom stereocenters. The van der Waals surface area contributed by atoms with Gasteiger partial charge in [0, 0.05) is 16.6 Å². The molecule has 4 heteroatoms. The van der Waals surface area contributed by atoms with E-state index in [0.717, 1.165) is 21.3 Å². The molecule has 0 aliphatic heterocycles. The first-order valence-corrected chi connectivity index (χ1v) is 7.21. The number of carbonyl (C=O) groups excluding carboxylic acids is 1. The minimum absolute atomic E-state index is 0.0110. The van der Waals surface area contributed by atoms with Crippen molar-refractivity contribution >= 4 is 27.5 Å². The van der Waals surface area contributed by atoms with Gasteiger partial charge in [-0.2, -0.15) is 0 Å². The molecule has 0 unspecified atom stereocenters. The number of hydrogen-bond acceptors (Lipinski definition) is 2. The largest absolute Gasteiger partial charge is 0.392 e. The van der Waals surface area contributed by atoms with E-state index in [1.54, 1.807) is 24.3 Å². The molecule has 2 aromatic carbocycles. The number of halogens is 1. The van der Waals surface area contributed by atoms with Crippen molar-refractivity contribution in [3.05, 3.63) is 64.1 Å². The molecule has 2 N–H and O–H groups in total. The Morgan fingerprint density at radius 2 is 1.85 bits per heavy atom. The Morgan fingerprint density at radius 1 is 1.10 bits per heavy atom. The summed E-state index contributed by atoms with van der Waals surface area (Å²) in [6.45, 7) is 0.0110. The van der Waals surface area contributed by atoms with E-state index in [1.165, 1.54) is 0 Å². The molecule has 104 valence electrons. The van der Waals surface area contributed by atoms with Gasteiger partial charge in [-0.1, -0.05) is 40.2 Å². The molecule has 0 bridgehead atoms. The molecule has 0 aliphatic carbocycles. The molecule has 0 heterocycles. The molecule has 0 aromatic heterocycles. The molecular weight excluding hydrogens is 318 g/mol. The number of rotatable bonds is 5. The molecule has 0 fully saturated rings. The van der Waals surface area contributed by atoms with Gasteiger partial charge < -0.3 is 10.4 Å². The maximum Gasteiger partial charge on any atom is 0.224 e. The molecular formula is C16H16BrNO2. The lowest BCUT2D eigenvalue weighted by Gasteiger charge is -2.06. The summed E-state index contributed by atoms with van der Waals surface area (Å²) in [5.74, 6) is -0.0123. The molecule has 0 aliphatic rings. The third kappa shape index (κ3) is 4.47. The Kier molecular flexibility index (Phi) is 5.32. The number of benzene rings is 2. The minimum Gasteiger partial charge on any atom is -0.392 e. The monoisotopic (exact) mass is 333 g/mol. The number of aliphatic hydroxyl groups excluding tert-OH is 1. The second kappa shape index (κ2) is 7.22. The Bertz CT molecular complexity index is 581. The maximum atomic E-state index is 11.9. The van der Waals surface area contributed by atoms with Crippen molar-refractivity contribution in [3.63, 3.8) is 0 Å². The maximum absolute atomic E-state index is 11.9. The molecule has 0 saturated carbocycles. The predicted octanol–water partition coefficient (Wildman–Crippen LogP) is 3.51. The average molecular weight is 334 g/mol. The highest BCUT2D eigenvalue weighted by molar-refractivity contribution is 9.10. The van der Waals surface area contributed by atoms with Gasteiger partial charge in [-0.05, 0) is 41.8 Å². The zero-order chi connectivity index (χ0) is 14.4. The van der Waals surface area contributed by atoms with Crippen LogP contribution in [0.1, 0.15) is 17.5 Å². The van der Waals surface area contributed by atoms with Gasteiger partial charge in [0.05, 0.1) is 6.61 Å². The van der Waals surface area contributed by atoms with Crippen LogP contribution in [0.2, 0.25) is 0 Å². The van der Waals surface area contributed by atoms with Crippen LogP contribution in [0.25, 0.3) is 0 Å². The number of amides is 1. The fourth-order valence-corrected chi connectivity index (χ4v) is 2.31. The number of aliphatic hydroxyl groups is 1. The van der Waals surface area contributed by atoms with Crippen LogP contribution in [0.4, 0.5) is 5.69 Å². The normalized spacial score (nSPS) is 10.3. The summed E-state index contributed by atoms with van der Waals surface area (Å²) in [5, 5.41) is 11.8. The number of hydrogen-bond donors (Lipinski definition) is 2. The predicted molar refractivity (Wildman–Crippen MR) is 83.5 cm³/mol. The summed E-state index contributed by atoms with van der Waals surface area (Å²) in [6, 6.07) is 15.1. The van der Waals surface area contributed by atoms with Crippen molar-refractivity contribution in [2.45, 2.75) is 19.4 Å². The number of nitrogens with one attached hydrogen (secondary N) is 1. The Balaban J connectivity index is 1.85. The Morgan fingerprint density at radius 3 is 2.50 bits per heavy atom. The second-order valence-corrected chi connectivity index (χ2v) is 5.45. The number of aryl methyl sites for hydroxylation is 1. The van der Waals surface area contributed by atoms with E-state index in [1.807, 2.05) is 24.3 Å². The number of carbonyl (C=O) groups is 1. The molecule has 1 amide bonds. The van der Waals surface area contributed by atoms with E-state index in [2.05, 4.69) is 21.2 Å². The molecule has 3 nitrogen and oxygen atoms in total. The van der Waals surface area contributed by atoms with Crippen LogP contribution >= 0.6 is 15.9 Å². The van der Waals surface area contributed by atoms with Crippen molar-refractivity contribution in [3.8, 4) is 0 Å². The van der Waals surface area contributed by atoms with E-state index >= 15 is 0 Å². The topological polar surface area (TPSA) is 49.3 Å². The van der Waals surface area contributed by atoms with Gasteiger partial charge in [0.15, 0.2) is 0 Å². The van der Waals surface area contributed by atoms with Gasteiger partial charge in [-0.15, -0.1) is 0 Å². The summed E-state index contributed by atoms with van der Waals surface area (Å²) in [7, 11) is 0. The Labute approximate surface area is 126 Å². The molecule has 2 aromatic rings. The fourth-order valence-electron chi connectivity index (χ4n) is 1.87. The summed E-state index contributed by atoms with van der Waals surface area (Å²) in [6.07, 6.45) is 1.15. The van der Waals surface area contributed by atoms with E-state index in [4.69, 9.17) is 5.11 Å². The van der Waals surface area contributed by atoms with Crippen molar-refractivity contribution in [2.24, 2.45) is 0 Å². The quantitative estimate of drug-likeness (QED) is 0.879. The summed E-state index contributed by atoms with van der Waals surface area (Å²) in [4.78, 5) is 11.9. The van der Waals surface area contributed by atoms with Crippen molar-refractivity contribution in [1.82, 2.24) is 0 Å². The first-order chi connectivity index (χ1) is 9.67. The standard InChI is InChI=1S/C16H16BrNO2/c17-14-3-1-2-12(10-14)6-9-16(20)18-15-7-4-13(11-19)5-8-15/h1-5,7-8,10,19H,6,9,11H2,(H,18,20). The van der Waals surface area contributed by atoms with Gasteiger partial charge in [-0.3, -0.25) is 4.79 Å². The highest BCUT2D eigenvalue weighted by Crippen LogP contribution is 2.14. The highest BCUT2D eigenvalue weighted by Gasteiger charge is 2.03. The second-order valence-electron chi connectivity index (χ2n) is 4.53. The molecule has 0 spiro atoms. The lowest BCUT2D eigenvalue weighted by molar-refractivity contribution is -0.116. The van der Waals surface area contributed by atoms with Gasteiger partial charge in [0.25, 0.3) is 0 Å². The SMILES string of the molecule is O=C(CCc1cccc(Br)c1)Nc1ccc(CO)cc1. The van der Waals surface area contributed by atoms with Crippen LogP contribution in [0.15, 0.2) is 53.0 Å². The molecule has 0 saturated heterocycles. The van der Waals surface area contributed by atoms with E-state index < -0.39 is 0 Å². The van der Waals surface area contributed by atoms with Crippen LogP contribution in [0.5, 0.6) is 0 Å². The third-order valence-electron chi connectivity index (χ3n) is 2.95. The smallest absolute Gasteiger partial charge is 0.224 e. The van der Waals surface area contributed by atoms with E-state index in [-0.39, 0.29) is 12.5 Å². The van der Waals surface area contributed by atoms with E-state index in [9.17, 15) is 4.79 Å². The van der Waals surface area contributed by atoms with Gasteiger partial charge >= 0.3 is 0 Å². The summed E-state index contributed by atoms with van der Waals surface area (Å²) < 4.78 is 1.02. The van der Waals surface area contributed by atoms with Crippen LogP contribution in [0, 0.1) is 0 Å². The lowest BCUT2D eigenvalue weighted by atomic mass is 10.1. The first kappa shape index (κ1) is 14.8. The zero-order valence-corrected chi connectivity index (χ0v) is 12.6. The summed E-state index contributed by atoms with van der Waals surface area (Å²) in [5.41, 5.74) is 2.71. The van der Waals surface area contributed by atoms with Gasteiger partial charge in [0.2, 0.25) is 5.91 Å². The van der Waals surface area contributed by atoms with Gasteiger partial charge in [0.1, 0.15) is 0 Å². The molecule has 2 rings (SSSR count). The van der Waals surface area contributed by atoms with E-state index in [0.29, 0.717) is 12.8 Å². The van der Waals surface area contributed by atoms with Crippen LogP contribution < -0.4 is 5.32 Å². The highest BCUT2D eigenvalue weighted by atomic mass is 79.9. The minimum atomic E-state index is -0.0123. The molecule has 0 radical (unpaired) electrons. The van der Waals surface area contributed by atoms with Gasteiger partial charge in [-0.25, -0.2) is 0 Å². The fraction of sp³-hybridized carbons (Fsp3) is 0.188. The van der Waals surface area contributed by atoms with Crippen LogP contribution in [-0.4, -0.2) is 11.0 Å². The zero-order valence-electron chi connectivity index (χ0n) is 11.0. The average Bonchev–Trinajstić information content (AvgIpc) is 2.46. The van der Waals surface area contributed by atoms with Crippen molar-refractivity contribution < 1.29 is 9.90 Å². The first-order valence-electron chi connectivity index (χ1n) is 6.41. The summed E-state index contributed by atoms with van der Waals surface area (Å²) >= 11 is 3.42. The van der Waals surface area contributed by atoms with Crippen molar-refractivity contribution in [2.75, 3.05) is 5.32 Å². The number of anilines is 1. The Hall–Kier alpha value is -1.65.